The molecule has 4 aromatic rings. The Morgan fingerprint density at radius 2 is 1.87 bits per heavy atom. The van der Waals surface area contributed by atoms with E-state index in [2.05, 4.69) is 15.2 Å². The van der Waals surface area contributed by atoms with Crippen LogP contribution in [0.3, 0.4) is 0 Å². The summed E-state index contributed by atoms with van der Waals surface area (Å²) in [7, 11) is -3.80. The topological polar surface area (TPSA) is 105 Å². The van der Waals surface area contributed by atoms with Crippen molar-refractivity contribution < 1.29 is 8.42 Å². The molecule has 23 heavy (non-hydrogen) atoms. The Kier molecular flexibility index (Phi) is 2.99. The van der Waals surface area contributed by atoms with Crippen molar-refractivity contribution in [1.29, 1.82) is 0 Å². The van der Waals surface area contributed by atoms with E-state index < -0.39 is 10.0 Å². The van der Waals surface area contributed by atoms with E-state index in [0.717, 1.165) is 10.9 Å². The Bertz CT molecular complexity index is 1160. The molecule has 0 aliphatic carbocycles. The van der Waals surface area contributed by atoms with Gasteiger partial charge < -0.3 is 4.98 Å². The van der Waals surface area contributed by atoms with Gasteiger partial charge in [0, 0.05) is 21.3 Å². The van der Waals surface area contributed by atoms with Crippen molar-refractivity contribution in [2.45, 2.75) is 4.90 Å². The molecule has 116 valence electrons. The third kappa shape index (κ3) is 2.29. The third-order valence-electron chi connectivity index (χ3n) is 3.71. The van der Waals surface area contributed by atoms with Crippen molar-refractivity contribution in [2.75, 3.05) is 0 Å². The summed E-state index contributed by atoms with van der Waals surface area (Å²) in [5.41, 5.74) is 2.87. The summed E-state index contributed by atoms with van der Waals surface area (Å²) in [5, 5.41) is 14.5. The van der Waals surface area contributed by atoms with Crippen molar-refractivity contribution in [3.63, 3.8) is 0 Å². The first kappa shape index (κ1) is 14.3. The van der Waals surface area contributed by atoms with Gasteiger partial charge in [0.1, 0.15) is 5.69 Å². The molecule has 0 spiro atoms. The van der Waals surface area contributed by atoms with Crippen LogP contribution in [-0.4, -0.2) is 23.6 Å². The predicted molar refractivity (Wildman–Crippen MR) is 89.8 cm³/mol. The lowest BCUT2D eigenvalue weighted by Crippen LogP contribution is -2.12. The number of halogens is 1. The number of aromatic amines is 2. The molecule has 0 radical (unpaired) electrons. The average molecular weight is 347 g/mol. The van der Waals surface area contributed by atoms with Crippen LogP contribution in [0.15, 0.2) is 47.4 Å². The number of rotatable bonds is 2. The number of hydrogen-bond acceptors (Lipinski definition) is 3. The van der Waals surface area contributed by atoms with Crippen molar-refractivity contribution >= 4 is 43.4 Å². The Morgan fingerprint density at radius 1 is 1.04 bits per heavy atom. The number of nitrogens with two attached hydrogens (primary N) is 1. The Morgan fingerprint density at radius 3 is 2.65 bits per heavy atom. The molecule has 0 atom stereocenters. The molecule has 0 amide bonds. The third-order valence-corrected chi connectivity index (χ3v) is 4.91. The highest BCUT2D eigenvalue weighted by atomic mass is 35.5. The molecule has 0 unspecified atom stereocenters. The van der Waals surface area contributed by atoms with Gasteiger partial charge in [0.25, 0.3) is 0 Å². The summed E-state index contributed by atoms with van der Waals surface area (Å²) in [4.78, 5) is 3.27. The lowest BCUT2D eigenvalue weighted by Gasteiger charge is -1.98. The molecule has 4 rings (SSSR count). The number of primary sulfonamides is 1. The number of benzene rings is 2. The first-order valence-electron chi connectivity index (χ1n) is 6.72. The van der Waals surface area contributed by atoms with E-state index in [-0.39, 0.29) is 4.90 Å². The minimum Gasteiger partial charge on any atom is -0.353 e. The SMILES string of the molecule is NS(=O)(=O)c1cccc2[nH]c(-c3n[nH]c4cc(Cl)ccc34)cc12. The van der Waals surface area contributed by atoms with Crippen LogP contribution in [0.1, 0.15) is 0 Å². The highest BCUT2D eigenvalue weighted by molar-refractivity contribution is 7.89. The van der Waals surface area contributed by atoms with Gasteiger partial charge >= 0.3 is 0 Å². The maximum Gasteiger partial charge on any atom is 0.238 e. The zero-order chi connectivity index (χ0) is 16.2. The number of H-pyrrole nitrogens is 2. The molecule has 0 saturated heterocycles. The lowest BCUT2D eigenvalue weighted by atomic mass is 10.1. The van der Waals surface area contributed by atoms with E-state index >= 15 is 0 Å². The second-order valence-electron chi connectivity index (χ2n) is 5.21. The fourth-order valence-corrected chi connectivity index (χ4v) is 3.62. The molecule has 8 heteroatoms. The van der Waals surface area contributed by atoms with Crippen LogP contribution >= 0.6 is 11.6 Å². The van der Waals surface area contributed by atoms with E-state index in [0.29, 0.717) is 27.3 Å². The Labute approximate surface area is 136 Å². The Balaban J connectivity index is 1.99. The zero-order valence-corrected chi connectivity index (χ0v) is 13.2. The Hall–Kier alpha value is -2.35. The maximum atomic E-state index is 11.7. The summed E-state index contributed by atoms with van der Waals surface area (Å²) >= 11 is 5.97. The number of aromatic nitrogens is 3. The zero-order valence-electron chi connectivity index (χ0n) is 11.7. The summed E-state index contributed by atoms with van der Waals surface area (Å²) < 4.78 is 23.4. The molecular formula is C15H11ClN4O2S. The number of hydrogen-bond donors (Lipinski definition) is 3. The standard InChI is InChI=1S/C15H11ClN4O2S/c16-8-4-5-9-12(6-8)19-20-15(9)13-7-10-11(18-13)2-1-3-14(10)23(17,21)22/h1-7,18H,(H,19,20)(H2,17,21,22). The van der Waals surface area contributed by atoms with E-state index in [9.17, 15) is 8.42 Å². The second kappa shape index (κ2) is 4.82. The first-order chi connectivity index (χ1) is 10.9. The molecule has 0 aliphatic heterocycles. The van der Waals surface area contributed by atoms with Crippen LogP contribution in [0.2, 0.25) is 5.02 Å². The van der Waals surface area contributed by atoms with Gasteiger partial charge in [-0.2, -0.15) is 5.10 Å². The van der Waals surface area contributed by atoms with Gasteiger partial charge in [0.15, 0.2) is 0 Å². The van der Waals surface area contributed by atoms with Gasteiger partial charge in [-0.3, -0.25) is 5.10 Å². The molecule has 0 aliphatic rings. The van der Waals surface area contributed by atoms with Crippen LogP contribution in [0, 0.1) is 0 Å². The average Bonchev–Trinajstić information content (AvgIpc) is 3.07. The van der Waals surface area contributed by atoms with Gasteiger partial charge in [0.05, 0.1) is 16.1 Å². The fourth-order valence-electron chi connectivity index (χ4n) is 2.70. The molecular weight excluding hydrogens is 336 g/mol. The van der Waals surface area contributed by atoms with Gasteiger partial charge in [0.2, 0.25) is 10.0 Å². The van der Waals surface area contributed by atoms with Crippen LogP contribution in [0.4, 0.5) is 0 Å². The number of nitrogens with one attached hydrogen (secondary N) is 2. The normalized spacial score (nSPS) is 12.3. The summed E-state index contributed by atoms with van der Waals surface area (Å²) in [6.45, 7) is 0. The summed E-state index contributed by atoms with van der Waals surface area (Å²) in [6, 6.07) is 12.1. The van der Waals surface area contributed by atoms with Gasteiger partial charge in [-0.05, 0) is 36.4 Å². The molecule has 4 N–H and O–H groups in total. The number of fused-ring (bicyclic) bond motifs is 2. The lowest BCUT2D eigenvalue weighted by molar-refractivity contribution is 0.598. The summed E-state index contributed by atoms with van der Waals surface area (Å²) in [6.07, 6.45) is 0. The van der Waals surface area contributed by atoms with Crippen LogP contribution in [0.25, 0.3) is 33.2 Å². The maximum absolute atomic E-state index is 11.7. The smallest absolute Gasteiger partial charge is 0.238 e. The van der Waals surface area contributed by atoms with E-state index in [1.165, 1.54) is 6.07 Å². The first-order valence-corrected chi connectivity index (χ1v) is 8.64. The van der Waals surface area contributed by atoms with Crippen LogP contribution < -0.4 is 5.14 Å². The molecule has 0 bridgehead atoms. The van der Waals surface area contributed by atoms with Crippen LogP contribution in [-0.2, 0) is 10.0 Å². The number of nitrogens with zero attached hydrogens (tertiary/aromatic N) is 1. The van der Waals surface area contributed by atoms with E-state index in [1.807, 2.05) is 6.07 Å². The molecule has 0 saturated carbocycles. The van der Waals surface area contributed by atoms with Crippen molar-refractivity contribution in [1.82, 2.24) is 15.2 Å². The monoisotopic (exact) mass is 346 g/mol. The van der Waals surface area contributed by atoms with Gasteiger partial charge in [-0.25, -0.2) is 13.6 Å². The van der Waals surface area contributed by atoms with E-state index in [1.54, 1.807) is 30.3 Å². The fraction of sp³-hybridized carbons (Fsp3) is 0. The van der Waals surface area contributed by atoms with Crippen molar-refractivity contribution in [3.05, 3.63) is 47.5 Å². The van der Waals surface area contributed by atoms with Crippen molar-refractivity contribution in [3.8, 4) is 11.4 Å². The summed E-state index contributed by atoms with van der Waals surface area (Å²) in [5.74, 6) is 0. The highest BCUT2D eigenvalue weighted by Crippen LogP contribution is 2.31. The number of sulfonamides is 1. The van der Waals surface area contributed by atoms with E-state index in [4.69, 9.17) is 16.7 Å². The minimum atomic E-state index is -3.80. The van der Waals surface area contributed by atoms with Gasteiger partial charge in [-0.15, -0.1) is 0 Å². The van der Waals surface area contributed by atoms with Crippen LogP contribution in [0.5, 0.6) is 0 Å². The molecule has 2 aromatic heterocycles. The molecule has 2 heterocycles. The van der Waals surface area contributed by atoms with Crippen molar-refractivity contribution in [2.24, 2.45) is 5.14 Å². The molecule has 6 nitrogen and oxygen atoms in total. The van der Waals surface area contributed by atoms with Gasteiger partial charge in [-0.1, -0.05) is 17.7 Å². The largest absolute Gasteiger partial charge is 0.353 e. The predicted octanol–water partition coefficient (Wildman–Crippen LogP) is 3.01. The molecule has 0 fully saturated rings. The highest BCUT2D eigenvalue weighted by Gasteiger charge is 2.16. The second-order valence-corrected chi connectivity index (χ2v) is 7.17. The minimum absolute atomic E-state index is 0.0837. The molecule has 2 aromatic carbocycles. The quantitative estimate of drug-likeness (QED) is 0.519.